The second kappa shape index (κ2) is 6.60. The smallest absolute Gasteiger partial charge is 0.220 e. The van der Waals surface area contributed by atoms with E-state index < -0.39 is 0 Å². The lowest BCUT2D eigenvalue weighted by atomic mass is 9.96. The lowest BCUT2D eigenvalue weighted by Gasteiger charge is -2.31. The molecule has 4 heterocycles. The maximum absolute atomic E-state index is 6.10. The average Bonchev–Trinajstić information content (AvgIpc) is 3.26. The number of para-hydroxylation sites is 2. The summed E-state index contributed by atoms with van der Waals surface area (Å²) in [5.74, 6) is 2.87. The highest BCUT2D eigenvalue weighted by Gasteiger charge is 2.31. The van der Waals surface area contributed by atoms with Gasteiger partial charge in [0.15, 0.2) is 11.5 Å². The normalized spacial score (nSPS) is 20.7. The summed E-state index contributed by atoms with van der Waals surface area (Å²) in [4.78, 5) is 16.1. The van der Waals surface area contributed by atoms with Crippen LogP contribution in [0.5, 0.6) is 5.88 Å². The van der Waals surface area contributed by atoms with Crippen LogP contribution >= 0.6 is 0 Å². The van der Waals surface area contributed by atoms with Crippen molar-refractivity contribution < 1.29 is 9.15 Å². The summed E-state index contributed by atoms with van der Waals surface area (Å²) in [5.41, 5.74) is 4.07. The Labute approximate surface area is 158 Å². The van der Waals surface area contributed by atoms with Gasteiger partial charge in [0.2, 0.25) is 5.88 Å². The Bertz CT molecular complexity index is 942. The van der Waals surface area contributed by atoms with E-state index >= 15 is 0 Å². The lowest BCUT2D eigenvalue weighted by molar-refractivity contribution is 0.122. The van der Waals surface area contributed by atoms with Crippen LogP contribution in [0.3, 0.4) is 0 Å². The van der Waals surface area contributed by atoms with E-state index in [-0.39, 0.29) is 6.10 Å². The van der Waals surface area contributed by atoms with Gasteiger partial charge in [0, 0.05) is 30.1 Å². The fourth-order valence-electron chi connectivity index (χ4n) is 4.28. The van der Waals surface area contributed by atoms with Gasteiger partial charge in [0.05, 0.1) is 0 Å². The number of likely N-dealkylation sites (tertiary alicyclic amines) is 1. The minimum atomic E-state index is 0.177. The SMILES string of the molecule is Cc1nc(C)c2c(n1)OC(CN1CCC(c3nc4ccccc4o3)CC1)C2. The molecule has 0 bridgehead atoms. The lowest BCUT2D eigenvalue weighted by Crippen LogP contribution is -2.39. The molecule has 6 heteroatoms. The predicted octanol–water partition coefficient (Wildman–Crippen LogP) is 3.42. The quantitative estimate of drug-likeness (QED) is 0.710. The highest BCUT2D eigenvalue weighted by molar-refractivity contribution is 5.72. The average molecular weight is 364 g/mol. The molecular formula is C21H24N4O2. The monoisotopic (exact) mass is 364 g/mol. The van der Waals surface area contributed by atoms with Crippen LogP contribution in [0.25, 0.3) is 11.1 Å². The number of hydrogen-bond donors (Lipinski definition) is 0. The van der Waals surface area contributed by atoms with Crippen LogP contribution < -0.4 is 4.74 Å². The number of aryl methyl sites for hydroxylation is 2. The number of hydrogen-bond acceptors (Lipinski definition) is 6. The molecule has 0 N–H and O–H groups in total. The van der Waals surface area contributed by atoms with E-state index in [1.165, 1.54) is 5.56 Å². The molecule has 1 fully saturated rings. The molecular weight excluding hydrogens is 340 g/mol. The van der Waals surface area contributed by atoms with Crippen LogP contribution in [0.15, 0.2) is 28.7 Å². The standard InChI is InChI=1S/C21H24N4O2/c1-13-17-11-16(26-21(17)23-14(2)22-13)12-25-9-7-15(8-10-25)20-24-18-5-3-4-6-19(18)27-20/h3-6,15-16H,7-12H2,1-2H3. The topological polar surface area (TPSA) is 64.3 Å². The summed E-state index contributed by atoms with van der Waals surface area (Å²) in [6.45, 7) is 6.99. The van der Waals surface area contributed by atoms with E-state index in [9.17, 15) is 0 Å². The Morgan fingerprint density at radius 1 is 1.07 bits per heavy atom. The Balaban J connectivity index is 1.20. The number of ether oxygens (including phenoxy) is 1. The molecule has 0 aliphatic carbocycles. The molecule has 0 radical (unpaired) electrons. The first-order valence-corrected chi connectivity index (χ1v) is 9.74. The molecule has 1 unspecified atom stereocenters. The van der Waals surface area contributed by atoms with E-state index in [4.69, 9.17) is 9.15 Å². The maximum atomic E-state index is 6.10. The Morgan fingerprint density at radius 2 is 1.89 bits per heavy atom. The van der Waals surface area contributed by atoms with Crippen LogP contribution in [-0.4, -0.2) is 45.6 Å². The van der Waals surface area contributed by atoms with Crippen molar-refractivity contribution in [3.8, 4) is 5.88 Å². The number of benzene rings is 1. The number of piperidine rings is 1. The summed E-state index contributed by atoms with van der Waals surface area (Å²) in [6, 6.07) is 8.00. The van der Waals surface area contributed by atoms with E-state index in [0.29, 0.717) is 5.92 Å². The van der Waals surface area contributed by atoms with Gasteiger partial charge < -0.3 is 9.15 Å². The molecule has 1 aromatic carbocycles. The zero-order valence-electron chi connectivity index (χ0n) is 15.8. The molecule has 140 valence electrons. The Kier molecular flexibility index (Phi) is 4.08. The molecule has 5 rings (SSSR count). The third kappa shape index (κ3) is 3.18. The van der Waals surface area contributed by atoms with Crippen molar-refractivity contribution in [1.82, 2.24) is 19.9 Å². The van der Waals surface area contributed by atoms with Gasteiger partial charge in [-0.25, -0.2) is 9.97 Å². The van der Waals surface area contributed by atoms with Crippen LogP contribution in [0.2, 0.25) is 0 Å². The number of nitrogens with zero attached hydrogens (tertiary/aromatic N) is 4. The zero-order valence-corrected chi connectivity index (χ0v) is 15.8. The fourth-order valence-corrected chi connectivity index (χ4v) is 4.28. The third-order valence-corrected chi connectivity index (χ3v) is 5.71. The van der Waals surface area contributed by atoms with Gasteiger partial charge in [-0.15, -0.1) is 0 Å². The number of oxazole rings is 1. The van der Waals surface area contributed by atoms with Crippen molar-refractivity contribution in [2.75, 3.05) is 19.6 Å². The second-order valence-electron chi connectivity index (χ2n) is 7.68. The fraction of sp³-hybridized carbons (Fsp3) is 0.476. The summed E-state index contributed by atoms with van der Waals surface area (Å²) in [7, 11) is 0. The van der Waals surface area contributed by atoms with Crippen molar-refractivity contribution in [3.05, 3.63) is 47.2 Å². The summed E-state index contributed by atoms with van der Waals surface area (Å²) in [6.07, 6.45) is 3.23. The van der Waals surface area contributed by atoms with Gasteiger partial charge in [-0.05, 0) is 51.9 Å². The van der Waals surface area contributed by atoms with Crippen LogP contribution in [-0.2, 0) is 6.42 Å². The number of rotatable bonds is 3. The van der Waals surface area contributed by atoms with E-state index in [2.05, 4.69) is 19.9 Å². The first kappa shape index (κ1) is 16.7. The Hall–Kier alpha value is -2.47. The van der Waals surface area contributed by atoms with Crippen molar-refractivity contribution in [3.63, 3.8) is 0 Å². The van der Waals surface area contributed by atoms with E-state index in [0.717, 1.165) is 73.3 Å². The first-order chi connectivity index (χ1) is 13.2. The van der Waals surface area contributed by atoms with Crippen molar-refractivity contribution in [2.24, 2.45) is 0 Å². The Morgan fingerprint density at radius 3 is 2.70 bits per heavy atom. The van der Waals surface area contributed by atoms with Crippen molar-refractivity contribution in [2.45, 2.75) is 45.1 Å². The van der Waals surface area contributed by atoms with Gasteiger partial charge >= 0.3 is 0 Å². The molecule has 2 aromatic heterocycles. The molecule has 1 atom stereocenters. The molecule has 6 nitrogen and oxygen atoms in total. The van der Waals surface area contributed by atoms with E-state index in [1.54, 1.807) is 0 Å². The number of aromatic nitrogens is 3. The maximum Gasteiger partial charge on any atom is 0.220 e. The summed E-state index contributed by atoms with van der Waals surface area (Å²) in [5, 5.41) is 0. The van der Waals surface area contributed by atoms with Crippen molar-refractivity contribution >= 4 is 11.1 Å². The van der Waals surface area contributed by atoms with Crippen LogP contribution in [0, 0.1) is 13.8 Å². The van der Waals surface area contributed by atoms with Crippen LogP contribution in [0.1, 0.15) is 41.7 Å². The minimum Gasteiger partial charge on any atom is -0.472 e. The van der Waals surface area contributed by atoms with Gasteiger partial charge in [0.25, 0.3) is 0 Å². The molecule has 0 amide bonds. The van der Waals surface area contributed by atoms with Gasteiger partial charge in [-0.1, -0.05) is 12.1 Å². The third-order valence-electron chi connectivity index (χ3n) is 5.71. The van der Waals surface area contributed by atoms with Crippen LogP contribution in [0.4, 0.5) is 0 Å². The second-order valence-corrected chi connectivity index (χ2v) is 7.68. The largest absolute Gasteiger partial charge is 0.472 e. The number of fused-ring (bicyclic) bond motifs is 2. The molecule has 3 aromatic rings. The highest BCUT2D eigenvalue weighted by atomic mass is 16.5. The molecule has 1 saturated heterocycles. The minimum absolute atomic E-state index is 0.177. The predicted molar refractivity (Wildman–Crippen MR) is 102 cm³/mol. The van der Waals surface area contributed by atoms with Gasteiger partial charge in [0.1, 0.15) is 17.4 Å². The molecule has 0 saturated carbocycles. The van der Waals surface area contributed by atoms with Crippen molar-refractivity contribution in [1.29, 1.82) is 0 Å². The van der Waals surface area contributed by atoms with Gasteiger partial charge in [-0.2, -0.15) is 4.98 Å². The first-order valence-electron chi connectivity index (χ1n) is 9.74. The van der Waals surface area contributed by atoms with E-state index in [1.807, 2.05) is 38.1 Å². The summed E-state index contributed by atoms with van der Waals surface area (Å²) >= 11 is 0. The molecule has 2 aliphatic heterocycles. The molecule has 27 heavy (non-hydrogen) atoms. The molecule has 2 aliphatic rings. The van der Waals surface area contributed by atoms with Gasteiger partial charge in [-0.3, -0.25) is 4.90 Å². The summed E-state index contributed by atoms with van der Waals surface area (Å²) < 4.78 is 12.1. The molecule has 0 spiro atoms. The highest BCUT2D eigenvalue weighted by Crippen LogP contribution is 2.32. The zero-order chi connectivity index (χ0) is 18.4.